The Balaban J connectivity index is 0.827. The van der Waals surface area contributed by atoms with Gasteiger partial charge in [-0.25, -0.2) is 14.5 Å². The maximum absolute atomic E-state index is 13.9. The Hall–Kier alpha value is -4.86. The molecule has 10 atom stereocenters. The highest BCUT2D eigenvalue weighted by molar-refractivity contribution is 8.44. The summed E-state index contributed by atoms with van der Waals surface area (Å²) >= 11 is 9.61. The third kappa shape index (κ3) is 13.6. The number of thiol groups is 1. The molecule has 404 valence electrons. The van der Waals surface area contributed by atoms with Crippen molar-refractivity contribution in [2.75, 3.05) is 84.1 Å². The Morgan fingerprint density at radius 1 is 0.811 bits per heavy atom. The summed E-state index contributed by atoms with van der Waals surface area (Å²) in [5.41, 5.74) is 10.5. The highest BCUT2D eigenvalue weighted by Crippen LogP contribution is 2.58. The summed E-state index contributed by atoms with van der Waals surface area (Å²) in [6.07, 6.45) is -3.71. The third-order valence-electron chi connectivity index (χ3n) is 11.7. The summed E-state index contributed by atoms with van der Waals surface area (Å²) in [5, 5.41) is 14.3. The lowest BCUT2D eigenvalue weighted by atomic mass is 10.1. The van der Waals surface area contributed by atoms with Crippen molar-refractivity contribution in [3.05, 3.63) is 57.8 Å². The van der Waals surface area contributed by atoms with Crippen LogP contribution in [0.25, 0.3) is 22.3 Å². The zero-order valence-electron chi connectivity index (χ0n) is 39.2. The topological polar surface area (TPSA) is 395 Å². The lowest BCUT2D eigenvalue weighted by Crippen LogP contribution is -2.48. The van der Waals surface area contributed by atoms with Crippen molar-refractivity contribution >= 4 is 89.4 Å². The molecule has 4 aromatic rings. The van der Waals surface area contributed by atoms with E-state index < -0.39 is 92.8 Å². The number of hydrogen-bond acceptors (Lipinski definition) is 24. The summed E-state index contributed by atoms with van der Waals surface area (Å²) < 4.78 is 74.3. The number of imidazole rings is 2. The molecule has 4 aromatic heterocycles. The number of rotatable bonds is 22. The number of nitrogens with zero attached hydrogens (tertiary/aromatic N) is 7. The first-order valence-electron chi connectivity index (χ1n) is 22.9. The second kappa shape index (κ2) is 24.4. The number of nitrogens with two attached hydrogens (primary N) is 2. The van der Waals surface area contributed by atoms with Crippen LogP contribution in [-0.2, 0) is 77.3 Å². The SMILES string of the molecule is C=C1C=CC(=O)N1CCC(=O)CCCOCCOCCOCCOCCC(=O)NC1[C@H]2OP(O)(=S)OC[C@H]3O[C@@H](n4cnc5c(=O)[nH]c(N)nc54)C(O)[C@H]3OP(=O)(S)OC[C@H]2O[C@H]1n1cnc2c(=O)[nH]c(N)nc21. The van der Waals surface area contributed by atoms with Gasteiger partial charge in [-0.1, -0.05) is 18.8 Å². The quantitative estimate of drug-likeness (QED) is 0.0272. The van der Waals surface area contributed by atoms with Gasteiger partial charge in [0.05, 0.1) is 72.1 Å². The summed E-state index contributed by atoms with van der Waals surface area (Å²) in [6.45, 7) is -4.27. The molecule has 4 unspecified atom stereocenters. The van der Waals surface area contributed by atoms with Crippen LogP contribution in [0.5, 0.6) is 0 Å². The first-order chi connectivity index (χ1) is 35.4. The largest absolute Gasteiger partial charge is 0.386 e. The number of aliphatic hydroxyl groups is 1. The highest BCUT2D eigenvalue weighted by Gasteiger charge is 2.53. The molecule has 2 amide bonds. The van der Waals surface area contributed by atoms with E-state index in [2.05, 4.69) is 54.0 Å². The summed E-state index contributed by atoms with van der Waals surface area (Å²) in [4.78, 5) is 97.0. The second-order valence-electron chi connectivity index (χ2n) is 16.8. The zero-order valence-corrected chi connectivity index (χ0v) is 42.7. The summed E-state index contributed by atoms with van der Waals surface area (Å²) in [5.74, 6) is -1.24. The van der Waals surface area contributed by atoms with Gasteiger partial charge in [-0.15, -0.1) is 0 Å². The van der Waals surface area contributed by atoms with Gasteiger partial charge in [0.1, 0.15) is 42.3 Å². The molecule has 8 rings (SSSR count). The van der Waals surface area contributed by atoms with Crippen molar-refractivity contribution in [1.29, 1.82) is 0 Å². The van der Waals surface area contributed by atoms with Gasteiger partial charge in [0, 0.05) is 44.2 Å². The van der Waals surface area contributed by atoms with Crippen molar-refractivity contribution in [3.63, 3.8) is 0 Å². The molecular formula is C40H54N12O18P2S2. The standard InChI is InChI=1S/C40H54N12O18P2S2/c1-21-4-5-26(55)50(21)8-6-22(53)3-2-9-61-11-13-63-15-16-64-14-12-62-10-7-25(54)45-27-31-23(67-37(27)51-19-43-28-33(51)46-39(41)48-35(28)57)17-65-72(60,74)70-32-24(18-66-71(59,73)69-31)68-38(30(32)56)52-20-44-29-34(52)47-40(42)49-36(29)58/h4-5,19-20,23-24,27,30-32,37-38,56H,1-3,6-18H2,(H,45,54)(H,59,73)(H,60,74)(H3,41,46,48,57)(H3,42,47,49,58)/t23-,24-,27?,30?,31+,32+,37-,38-,71?,72?/m1/s1. The molecule has 0 spiro atoms. The average molecular weight is 1120 g/mol. The monoisotopic (exact) mass is 1120 g/mol. The number of allylic oxidation sites excluding steroid dienone is 1. The first-order valence-corrected chi connectivity index (χ1v) is 28.2. The predicted molar refractivity (Wildman–Crippen MR) is 262 cm³/mol. The number of nitrogens with one attached hydrogen (secondary N) is 3. The number of amides is 2. The van der Waals surface area contributed by atoms with E-state index in [1.54, 1.807) is 6.08 Å². The van der Waals surface area contributed by atoms with Crippen LogP contribution in [0.2, 0.25) is 0 Å². The van der Waals surface area contributed by atoms with Crippen LogP contribution in [0, 0.1) is 0 Å². The number of carbonyl (C=O) groups excluding carboxylic acids is 3. The van der Waals surface area contributed by atoms with E-state index in [0.29, 0.717) is 44.9 Å². The molecule has 0 saturated carbocycles. The second-order valence-corrected chi connectivity index (χ2v) is 22.5. The number of Topliss-reactive ketones (excluding diaryl/α,β-unsaturated/α-hetero) is 1. The smallest absolute Gasteiger partial charge is 0.386 e. The normalized spacial score (nSPS) is 28.4. The van der Waals surface area contributed by atoms with E-state index in [0.717, 1.165) is 6.33 Å². The van der Waals surface area contributed by atoms with Crippen LogP contribution in [-0.4, -0.2) is 181 Å². The van der Waals surface area contributed by atoms with Crippen LogP contribution < -0.4 is 27.9 Å². The molecule has 0 bridgehead atoms. The number of ether oxygens (including phenoxy) is 6. The van der Waals surface area contributed by atoms with Crippen molar-refractivity contribution < 1.29 is 75.5 Å². The van der Waals surface area contributed by atoms with Gasteiger partial charge < -0.3 is 69.2 Å². The summed E-state index contributed by atoms with van der Waals surface area (Å²) in [7, 11) is 0. The Kier molecular flexibility index (Phi) is 18.3. The number of aliphatic hydroxyl groups excluding tert-OH is 1. The number of fused-ring (bicyclic) bond motifs is 4. The minimum Gasteiger partial charge on any atom is -0.386 e. The van der Waals surface area contributed by atoms with Crippen molar-refractivity contribution in [2.24, 2.45) is 0 Å². The van der Waals surface area contributed by atoms with Gasteiger partial charge in [-0.3, -0.25) is 52.1 Å². The van der Waals surface area contributed by atoms with Gasteiger partial charge in [0.15, 0.2) is 34.8 Å². The molecule has 74 heavy (non-hydrogen) atoms. The van der Waals surface area contributed by atoms with Crippen LogP contribution >= 0.6 is 25.8 Å². The van der Waals surface area contributed by atoms with Gasteiger partial charge in [-0.05, 0) is 24.3 Å². The molecule has 34 heteroatoms. The number of nitrogen functional groups attached to an aromatic ring is 2. The number of aromatic amines is 2. The Morgan fingerprint density at radius 2 is 1.36 bits per heavy atom. The van der Waals surface area contributed by atoms with Crippen LogP contribution in [0.4, 0.5) is 11.9 Å². The Bertz CT molecular complexity index is 2940. The maximum atomic E-state index is 13.9. The molecule has 4 aliphatic heterocycles. The zero-order chi connectivity index (χ0) is 52.7. The molecule has 3 saturated heterocycles. The van der Waals surface area contributed by atoms with Crippen LogP contribution in [0.1, 0.15) is 38.1 Å². The number of ketones is 1. The number of H-pyrrole nitrogens is 2. The number of hydrogen-bond donors (Lipinski definition) is 8. The van der Waals surface area contributed by atoms with E-state index in [4.69, 9.17) is 69.8 Å². The molecule has 0 aromatic carbocycles. The predicted octanol–water partition coefficient (Wildman–Crippen LogP) is -0.762. The lowest BCUT2D eigenvalue weighted by molar-refractivity contribution is -0.125. The number of aromatic nitrogens is 8. The van der Waals surface area contributed by atoms with E-state index >= 15 is 0 Å². The first kappa shape index (κ1) is 55.4. The van der Waals surface area contributed by atoms with Crippen LogP contribution in [0.15, 0.2) is 46.7 Å². The fraction of sp³-hybridized carbons (Fsp3) is 0.575. The fourth-order valence-electron chi connectivity index (χ4n) is 8.23. The molecule has 30 nitrogen and oxygen atoms in total. The molecule has 4 aliphatic rings. The summed E-state index contributed by atoms with van der Waals surface area (Å²) in [6, 6.07) is -1.29. The van der Waals surface area contributed by atoms with E-state index in [1.165, 1.54) is 26.4 Å². The van der Waals surface area contributed by atoms with E-state index in [1.807, 2.05) is 0 Å². The van der Waals surface area contributed by atoms with Gasteiger partial charge in [0.25, 0.3) is 17.0 Å². The minimum atomic E-state index is -4.49. The van der Waals surface area contributed by atoms with Gasteiger partial charge in [-0.2, -0.15) is 9.97 Å². The number of carbonyl (C=O) groups is 3. The minimum absolute atomic E-state index is 0.0370. The van der Waals surface area contributed by atoms with Crippen molar-refractivity contribution in [2.45, 2.75) is 74.7 Å². The van der Waals surface area contributed by atoms with Crippen molar-refractivity contribution in [1.82, 2.24) is 49.3 Å². The fourth-order valence-corrected chi connectivity index (χ4v) is 11.2. The number of anilines is 2. The lowest BCUT2D eigenvalue weighted by Gasteiger charge is -2.31. The molecule has 0 aliphatic carbocycles. The molecule has 9 N–H and O–H groups in total. The van der Waals surface area contributed by atoms with Crippen molar-refractivity contribution in [3.8, 4) is 0 Å². The molecule has 8 heterocycles. The van der Waals surface area contributed by atoms with E-state index in [-0.39, 0.29) is 91.8 Å². The van der Waals surface area contributed by atoms with Gasteiger partial charge >= 0.3 is 13.5 Å². The molecular weight excluding hydrogens is 1060 g/mol. The third-order valence-corrected chi connectivity index (χ3v) is 14.9. The average Bonchev–Trinajstić information content (AvgIpc) is 4.16. The Morgan fingerprint density at radius 3 is 1.97 bits per heavy atom. The van der Waals surface area contributed by atoms with Crippen LogP contribution in [0.3, 0.4) is 0 Å². The maximum Gasteiger partial charge on any atom is 0.386 e. The molecule has 0 radical (unpaired) electrons. The Labute approximate surface area is 429 Å². The van der Waals surface area contributed by atoms with Gasteiger partial charge in [0.2, 0.25) is 17.8 Å². The highest BCUT2D eigenvalue weighted by atomic mass is 32.7. The molecule has 3 fully saturated rings. The van der Waals surface area contributed by atoms with E-state index in [9.17, 15) is 38.5 Å².